The maximum atomic E-state index is 5.90. The molecule has 0 amide bonds. The summed E-state index contributed by atoms with van der Waals surface area (Å²) >= 11 is 0. The van der Waals surface area contributed by atoms with Crippen molar-refractivity contribution in [2.24, 2.45) is 10.2 Å². The van der Waals surface area contributed by atoms with E-state index >= 15 is 0 Å². The number of rotatable bonds is 16. The summed E-state index contributed by atoms with van der Waals surface area (Å²) in [5, 5.41) is 27.4. The quantitative estimate of drug-likeness (QED) is 0.0717. The first-order chi connectivity index (χ1) is 28.3. The van der Waals surface area contributed by atoms with Crippen LogP contribution in [0.25, 0.3) is 45.6 Å². The third-order valence-electron chi connectivity index (χ3n) is 8.81. The topological polar surface area (TPSA) is 114 Å². The second-order valence-electron chi connectivity index (χ2n) is 12.7. The number of benzene rings is 6. The van der Waals surface area contributed by atoms with Crippen LogP contribution in [0.1, 0.15) is 11.1 Å². The molecule has 0 saturated carbocycles. The van der Waals surface area contributed by atoms with Crippen molar-refractivity contribution in [1.29, 1.82) is 0 Å². The second kappa shape index (κ2) is 18.2. The molecule has 280 valence electrons. The minimum absolute atomic E-state index is 0.410. The van der Waals surface area contributed by atoms with E-state index in [1.54, 1.807) is 21.8 Å². The Morgan fingerprint density at radius 2 is 0.667 bits per heavy atom. The summed E-state index contributed by atoms with van der Waals surface area (Å²) in [6, 6.07) is 55.1. The van der Waals surface area contributed by atoms with Crippen molar-refractivity contribution in [2.45, 2.75) is 0 Å². The highest BCUT2D eigenvalue weighted by atomic mass is 16.5. The Morgan fingerprint density at radius 1 is 0.368 bits per heavy atom. The van der Waals surface area contributed by atoms with E-state index < -0.39 is 0 Å². The van der Waals surface area contributed by atoms with Gasteiger partial charge in [-0.3, -0.25) is 0 Å². The number of aromatic nitrogens is 6. The highest BCUT2D eigenvalue weighted by Gasteiger charge is 2.16. The van der Waals surface area contributed by atoms with Crippen molar-refractivity contribution in [1.82, 2.24) is 29.7 Å². The van der Waals surface area contributed by atoms with Gasteiger partial charge in [-0.15, -0.1) is 20.4 Å². The first-order valence-corrected chi connectivity index (χ1v) is 18.5. The van der Waals surface area contributed by atoms with Gasteiger partial charge >= 0.3 is 0 Å². The van der Waals surface area contributed by atoms with Gasteiger partial charge in [0.25, 0.3) is 0 Å². The number of hydrogen-bond donors (Lipinski definition) is 0. The van der Waals surface area contributed by atoms with Crippen LogP contribution in [0.2, 0.25) is 0 Å². The van der Waals surface area contributed by atoms with Crippen molar-refractivity contribution >= 4 is 12.4 Å². The molecule has 0 atom stereocenters. The monoisotopic (exact) mass is 750 g/mol. The van der Waals surface area contributed by atoms with Gasteiger partial charge in [0.1, 0.15) is 24.7 Å². The average molecular weight is 751 g/mol. The lowest BCUT2D eigenvalue weighted by molar-refractivity contribution is 0.0764. The maximum Gasteiger partial charge on any atom is 0.185 e. The molecule has 0 aliphatic carbocycles. The fourth-order valence-corrected chi connectivity index (χ4v) is 5.94. The molecule has 0 radical (unpaired) electrons. The normalized spacial score (nSPS) is 11.4. The lowest BCUT2D eigenvalue weighted by Crippen LogP contribution is -2.12. The van der Waals surface area contributed by atoms with Gasteiger partial charge in [0.15, 0.2) is 23.3 Å². The standard InChI is InChI=1S/C46H38N8O3/c1-5-13-37(14-6-1)43-49-50-44(38-15-7-2-8-16-38)53(43)47-33-35-21-25-41(26-22-35)56-31-29-55-30-32-57-42-27-23-36(24-28-42)34-48-54-45(39-17-9-3-10-18-39)51-52-46(54)40-19-11-4-12-20-40/h1-28,33-34H,29-32H2/b47-33+,48-34+. The van der Waals surface area contributed by atoms with Crippen LogP contribution in [0, 0.1) is 0 Å². The van der Waals surface area contributed by atoms with Crippen LogP contribution in [-0.4, -0.2) is 68.6 Å². The lowest BCUT2D eigenvalue weighted by Gasteiger charge is -2.09. The van der Waals surface area contributed by atoms with Crippen LogP contribution in [-0.2, 0) is 4.74 Å². The van der Waals surface area contributed by atoms with Gasteiger partial charge in [-0.1, -0.05) is 121 Å². The molecule has 0 spiro atoms. The van der Waals surface area contributed by atoms with Gasteiger partial charge in [0.2, 0.25) is 0 Å². The van der Waals surface area contributed by atoms with Crippen LogP contribution in [0.4, 0.5) is 0 Å². The zero-order valence-electron chi connectivity index (χ0n) is 31.0. The molecule has 2 heterocycles. The van der Waals surface area contributed by atoms with Crippen molar-refractivity contribution in [3.05, 3.63) is 181 Å². The van der Waals surface area contributed by atoms with Crippen LogP contribution >= 0.6 is 0 Å². The molecule has 0 saturated heterocycles. The van der Waals surface area contributed by atoms with Crippen molar-refractivity contribution < 1.29 is 14.2 Å². The Bertz CT molecular complexity index is 2230. The Labute approximate surface area is 330 Å². The third kappa shape index (κ3) is 9.25. The molecule has 11 nitrogen and oxygen atoms in total. The molecule has 57 heavy (non-hydrogen) atoms. The zero-order valence-corrected chi connectivity index (χ0v) is 31.0. The molecule has 0 unspecified atom stereocenters. The Hall–Kier alpha value is -7.50. The summed E-state index contributed by atoms with van der Waals surface area (Å²) in [6.45, 7) is 1.68. The van der Waals surface area contributed by atoms with E-state index in [1.165, 1.54) is 0 Å². The molecule has 0 fully saturated rings. The summed E-state index contributed by atoms with van der Waals surface area (Å²) in [7, 11) is 0. The maximum absolute atomic E-state index is 5.90. The zero-order chi connectivity index (χ0) is 38.5. The van der Waals surface area contributed by atoms with Gasteiger partial charge in [-0.2, -0.15) is 19.6 Å². The van der Waals surface area contributed by atoms with Gasteiger partial charge in [-0.25, -0.2) is 0 Å². The molecule has 0 bridgehead atoms. The molecule has 8 aromatic rings. The SMILES string of the molecule is C(=N\n1c(-c2ccccc2)nnc1-c1ccccc1)/c1ccc(OCCOCCOc2ccc(/C=N/n3c(-c4ccccc4)nnc3-c3ccccc3)cc2)cc1. The molecule has 6 aromatic carbocycles. The van der Waals surface area contributed by atoms with Gasteiger partial charge < -0.3 is 14.2 Å². The highest BCUT2D eigenvalue weighted by Crippen LogP contribution is 2.26. The van der Waals surface area contributed by atoms with E-state index in [2.05, 4.69) is 20.4 Å². The van der Waals surface area contributed by atoms with Gasteiger partial charge in [0.05, 0.1) is 25.6 Å². The van der Waals surface area contributed by atoms with Gasteiger partial charge in [-0.05, 0) is 59.7 Å². The highest BCUT2D eigenvalue weighted by molar-refractivity contribution is 5.81. The minimum atomic E-state index is 0.410. The minimum Gasteiger partial charge on any atom is -0.491 e. The number of hydrogen-bond acceptors (Lipinski definition) is 9. The summed E-state index contributed by atoms with van der Waals surface area (Å²) in [5.74, 6) is 4.13. The van der Waals surface area contributed by atoms with Crippen LogP contribution in [0.5, 0.6) is 11.5 Å². The van der Waals surface area contributed by atoms with Crippen LogP contribution < -0.4 is 9.47 Å². The molecule has 2 aromatic heterocycles. The largest absolute Gasteiger partial charge is 0.491 e. The third-order valence-corrected chi connectivity index (χ3v) is 8.81. The fourth-order valence-electron chi connectivity index (χ4n) is 5.94. The van der Waals surface area contributed by atoms with Crippen LogP contribution in [0.3, 0.4) is 0 Å². The van der Waals surface area contributed by atoms with E-state index in [4.69, 9.17) is 24.4 Å². The molecular weight excluding hydrogens is 713 g/mol. The predicted octanol–water partition coefficient (Wildman–Crippen LogP) is 8.78. The summed E-state index contributed by atoms with van der Waals surface area (Å²) in [5.41, 5.74) is 5.54. The van der Waals surface area contributed by atoms with E-state index in [0.717, 1.165) is 44.9 Å². The Balaban J connectivity index is 0.796. The second-order valence-corrected chi connectivity index (χ2v) is 12.7. The molecule has 8 rings (SSSR count). The molecular formula is C46H38N8O3. The molecule has 11 heteroatoms. The predicted molar refractivity (Wildman–Crippen MR) is 222 cm³/mol. The number of ether oxygens (including phenoxy) is 3. The van der Waals surface area contributed by atoms with E-state index in [-0.39, 0.29) is 0 Å². The Kier molecular flexibility index (Phi) is 11.7. The van der Waals surface area contributed by atoms with Crippen molar-refractivity contribution in [2.75, 3.05) is 26.4 Å². The van der Waals surface area contributed by atoms with Gasteiger partial charge in [0, 0.05) is 22.3 Å². The summed E-state index contributed by atoms with van der Waals surface area (Å²) in [6.07, 6.45) is 3.58. The Morgan fingerprint density at radius 3 is 0.965 bits per heavy atom. The number of nitrogens with zero attached hydrogens (tertiary/aromatic N) is 8. The van der Waals surface area contributed by atoms with Crippen molar-refractivity contribution in [3.63, 3.8) is 0 Å². The molecule has 0 aliphatic rings. The first kappa shape index (κ1) is 36.5. The summed E-state index contributed by atoms with van der Waals surface area (Å²) < 4.78 is 21.1. The molecule has 0 aliphatic heterocycles. The van der Waals surface area contributed by atoms with E-state index in [1.807, 2.05) is 170 Å². The smallest absolute Gasteiger partial charge is 0.185 e. The molecule has 0 N–H and O–H groups in total. The summed E-state index contributed by atoms with van der Waals surface area (Å²) in [4.78, 5) is 0. The first-order valence-electron chi connectivity index (χ1n) is 18.5. The fraction of sp³-hybridized carbons (Fsp3) is 0.0870. The van der Waals surface area contributed by atoms with Crippen LogP contribution in [0.15, 0.2) is 180 Å². The lowest BCUT2D eigenvalue weighted by atomic mass is 10.2. The average Bonchev–Trinajstić information content (AvgIpc) is 3.91. The van der Waals surface area contributed by atoms with E-state index in [0.29, 0.717) is 49.7 Å². The van der Waals surface area contributed by atoms with Crippen molar-refractivity contribution in [3.8, 4) is 57.1 Å². The van der Waals surface area contributed by atoms with E-state index in [9.17, 15) is 0 Å².